The number of hydrogen-bond acceptors (Lipinski definition) is 4. The highest BCUT2D eigenvalue weighted by Gasteiger charge is 2.24. The van der Waals surface area contributed by atoms with Gasteiger partial charge in [0, 0.05) is 59.1 Å². The van der Waals surface area contributed by atoms with Crippen LogP contribution in [0.15, 0.2) is 48.5 Å². The molecule has 2 heterocycles. The van der Waals surface area contributed by atoms with Crippen molar-refractivity contribution in [3.05, 3.63) is 65.2 Å². The quantitative estimate of drug-likeness (QED) is 0.356. The molecule has 5 rings (SSSR count). The van der Waals surface area contributed by atoms with Crippen molar-refractivity contribution in [1.82, 2.24) is 14.8 Å². The fraction of sp³-hybridized carbons (Fsp3) is 0.323. The highest BCUT2D eigenvalue weighted by atomic mass is 16.2. The highest BCUT2D eigenvalue weighted by Crippen LogP contribution is 2.39. The zero-order valence-electron chi connectivity index (χ0n) is 23.1. The Hall–Kier alpha value is -4.17. The van der Waals surface area contributed by atoms with Gasteiger partial charge in [0.05, 0.1) is 11.1 Å². The standard InChI is InChI=1S/C31H35N5O3/c1-18-20(7-6-8-24(18)34-30(39)31(2,3)4)21-11-12-23(28(32)37)27-26(21)22-10-9-19(17-25(22)33-27)29(38)36-15-13-35(5)14-16-36/h6-12,17,33H,13-16H2,1-5H3,(H2,32,37)(H,34,39). The predicted molar refractivity (Wildman–Crippen MR) is 156 cm³/mol. The number of aromatic nitrogens is 1. The number of nitrogens with two attached hydrogens (primary N) is 1. The van der Waals surface area contributed by atoms with Gasteiger partial charge in [0.1, 0.15) is 0 Å². The number of primary amides is 1. The first-order valence-electron chi connectivity index (χ1n) is 13.2. The van der Waals surface area contributed by atoms with E-state index < -0.39 is 11.3 Å². The molecule has 1 aliphatic rings. The molecular weight excluding hydrogens is 490 g/mol. The summed E-state index contributed by atoms with van der Waals surface area (Å²) in [5.41, 5.74) is 11.1. The van der Waals surface area contributed by atoms with Crippen molar-refractivity contribution < 1.29 is 14.4 Å². The van der Waals surface area contributed by atoms with E-state index in [0.717, 1.165) is 51.8 Å². The normalized spacial score (nSPS) is 14.6. The molecule has 0 aliphatic carbocycles. The number of hydrogen-bond donors (Lipinski definition) is 3. The number of fused-ring (bicyclic) bond motifs is 3. The lowest BCUT2D eigenvalue weighted by Gasteiger charge is -2.32. The summed E-state index contributed by atoms with van der Waals surface area (Å²) in [5.74, 6) is -0.603. The van der Waals surface area contributed by atoms with Gasteiger partial charge in [0.2, 0.25) is 5.91 Å². The zero-order chi connectivity index (χ0) is 28.1. The Labute approximate surface area is 228 Å². The van der Waals surface area contributed by atoms with Crippen molar-refractivity contribution in [2.75, 3.05) is 38.5 Å². The van der Waals surface area contributed by atoms with Crippen molar-refractivity contribution in [2.45, 2.75) is 27.7 Å². The van der Waals surface area contributed by atoms with Crippen LogP contribution in [-0.4, -0.2) is 65.7 Å². The Kier molecular flexibility index (Phi) is 6.68. The molecule has 0 saturated carbocycles. The first-order chi connectivity index (χ1) is 18.5. The number of likely N-dealkylation sites (N-methyl/N-ethyl adjacent to an activating group) is 1. The molecular formula is C31H35N5O3. The van der Waals surface area contributed by atoms with Gasteiger partial charge in [0.15, 0.2) is 0 Å². The number of carbonyl (C=O) groups excluding carboxylic acids is 3. The lowest BCUT2D eigenvalue weighted by atomic mass is 9.92. The topological polar surface area (TPSA) is 112 Å². The van der Waals surface area contributed by atoms with E-state index in [1.54, 1.807) is 6.07 Å². The minimum atomic E-state index is -0.533. The molecule has 4 N–H and O–H groups in total. The van der Waals surface area contributed by atoms with Crippen LogP contribution in [0, 0.1) is 12.3 Å². The van der Waals surface area contributed by atoms with E-state index in [4.69, 9.17) is 5.73 Å². The van der Waals surface area contributed by atoms with Crippen molar-refractivity contribution in [1.29, 1.82) is 0 Å². The van der Waals surface area contributed by atoms with Crippen molar-refractivity contribution in [2.24, 2.45) is 11.1 Å². The van der Waals surface area contributed by atoms with Crippen molar-refractivity contribution in [3.8, 4) is 11.1 Å². The number of aromatic amines is 1. The summed E-state index contributed by atoms with van der Waals surface area (Å²) in [6.45, 7) is 10.7. The van der Waals surface area contributed by atoms with E-state index in [0.29, 0.717) is 29.7 Å². The molecule has 0 bridgehead atoms. The van der Waals surface area contributed by atoms with Crippen LogP contribution in [0.3, 0.4) is 0 Å². The third-order valence-corrected chi connectivity index (χ3v) is 7.61. The number of piperazine rings is 1. The minimum absolute atomic E-state index is 0.00265. The largest absolute Gasteiger partial charge is 0.366 e. The number of nitrogens with zero attached hydrogens (tertiary/aromatic N) is 2. The lowest BCUT2D eigenvalue weighted by molar-refractivity contribution is -0.123. The number of rotatable bonds is 4. The average molecular weight is 526 g/mol. The van der Waals surface area contributed by atoms with Crippen LogP contribution in [0.1, 0.15) is 47.1 Å². The van der Waals surface area contributed by atoms with Crippen LogP contribution in [0.25, 0.3) is 32.9 Å². The van der Waals surface area contributed by atoms with E-state index in [-0.39, 0.29) is 11.8 Å². The summed E-state index contributed by atoms with van der Waals surface area (Å²) >= 11 is 0. The molecule has 39 heavy (non-hydrogen) atoms. The molecule has 202 valence electrons. The monoisotopic (exact) mass is 525 g/mol. The second-order valence-electron chi connectivity index (χ2n) is 11.4. The molecule has 3 aromatic carbocycles. The molecule has 0 atom stereocenters. The van der Waals surface area contributed by atoms with E-state index >= 15 is 0 Å². The summed E-state index contributed by atoms with van der Waals surface area (Å²) in [5, 5.41) is 4.80. The summed E-state index contributed by atoms with van der Waals surface area (Å²) in [4.78, 5) is 45.8. The molecule has 8 nitrogen and oxygen atoms in total. The van der Waals surface area contributed by atoms with Crippen LogP contribution in [0.2, 0.25) is 0 Å². The Morgan fingerprint density at radius 1 is 0.949 bits per heavy atom. The number of anilines is 1. The van der Waals surface area contributed by atoms with Gasteiger partial charge in [-0.25, -0.2) is 0 Å². The number of amides is 3. The molecule has 4 aromatic rings. The van der Waals surface area contributed by atoms with Crippen LogP contribution >= 0.6 is 0 Å². The fourth-order valence-corrected chi connectivity index (χ4v) is 5.14. The average Bonchev–Trinajstić information content (AvgIpc) is 3.27. The first-order valence-corrected chi connectivity index (χ1v) is 13.2. The summed E-state index contributed by atoms with van der Waals surface area (Å²) in [6, 6.07) is 15.1. The van der Waals surface area contributed by atoms with E-state index in [2.05, 4.69) is 22.2 Å². The van der Waals surface area contributed by atoms with Gasteiger partial charge in [-0.1, -0.05) is 45.0 Å². The molecule has 1 aromatic heterocycles. The smallest absolute Gasteiger partial charge is 0.254 e. The summed E-state index contributed by atoms with van der Waals surface area (Å²) < 4.78 is 0. The summed E-state index contributed by atoms with van der Waals surface area (Å²) in [7, 11) is 2.06. The van der Waals surface area contributed by atoms with Crippen LogP contribution < -0.4 is 11.1 Å². The zero-order valence-corrected chi connectivity index (χ0v) is 23.1. The van der Waals surface area contributed by atoms with Gasteiger partial charge in [-0.2, -0.15) is 0 Å². The second-order valence-corrected chi connectivity index (χ2v) is 11.4. The molecule has 8 heteroatoms. The number of carbonyl (C=O) groups is 3. The molecule has 1 fully saturated rings. The third-order valence-electron chi connectivity index (χ3n) is 7.61. The van der Waals surface area contributed by atoms with Gasteiger partial charge in [0.25, 0.3) is 11.8 Å². The van der Waals surface area contributed by atoms with E-state index in [1.165, 1.54) is 0 Å². The maximum Gasteiger partial charge on any atom is 0.254 e. The van der Waals surface area contributed by atoms with Crippen molar-refractivity contribution >= 4 is 45.2 Å². The van der Waals surface area contributed by atoms with Crippen LogP contribution in [0.4, 0.5) is 5.69 Å². The lowest BCUT2D eigenvalue weighted by Crippen LogP contribution is -2.47. The van der Waals surface area contributed by atoms with Gasteiger partial charge in [-0.05, 0) is 54.9 Å². The van der Waals surface area contributed by atoms with E-state index in [1.807, 2.05) is 75.1 Å². The SMILES string of the molecule is Cc1c(NC(=O)C(C)(C)C)cccc1-c1ccc(C(N)=O)c2[nH]c3cc(C(=O)N4CCN(C)CC4)ccc3c12. The molecule has 0 radical (unpaired) electrons. The molecule has 1 saturated heterocycles. The van der Waals surface area contributed by atoms with Crippen LogP contribution in [0.5, 0.6) is 0 Å². The summed E-state index contributed by atoms with van der Waals surface area (Å²) in [6.07, 6.45) is 0. The molecule has 0 unspecified atom stereocenters. The second kappa shape index (κ2) is 9.85. The number of H-pyrrole nitrogens is 1. The highest BCUT2D eigenvalue weighted by molar-refractivity contribution is 6.20. The van der Waals surface area contributed by atoms with Crippen molar-refractivity contribution in [3.63, 3.8) is 0 Å². The Morgan fingerprint density at radius 3 is 2.33 bits per heavy atom. The Morgan fingerprint density at radius 2 is 1.67 bits per heavy atom. The van der Waals surface area contributed by atoms with Crippen LogP contribution in [-0.2, 0) is 4.79 Å². The van der Waals surface area contributed by atoms with Gasteiger partial charge in [-0.15, -0.1) is 0 Å². The third kappa shape index (κ3) is 4.88. The molecule has 3 amide bonds. The predicted octanol–water partition coefficient (Wildman–Crippen LogP) is 4.77. The Bertz CT molecular complexity index is 1620. The molecule has 1 aliphatic heterocycles. The first kappa shape index (κ1) is 26.4. The van der Waals surface area contributed by atoms with Gasteiger partial charge >= 0.3 is 0 Å². The number of nitrogens with one attached hydrogen (secondary N) is 2. The minimum Gasteiger partial charge on any atom is -0.366 e. The van der Waals surface area contributed by atoms with Gasteiger partial charge < -0.3 is 25.8 Å². The number of benzene rings is 3. The van der Waals surface area contributed by atoms with Gasteiger partial charge in [-0.3, -0.25) is 14.4 Å². The van der Waals surface area contributed by atoms with E-state index in [9.17, 15) is 14.4 Å². The maximum absolute atomic E-state index is 13.3. The Balaban J connectivity index is 1.64. The molecule has 0 spiro atoms. The fourth-order valence-electron chi connectivity index (χ4n) is 5.14. The maximum atomic E-state index is 13.3.